The standard InChI is InChI=1S/C45H36N6O5S2/c1-2-29-28-57-42-36(41(53)51(42)37(29)43(54)55-38(30-18-8-3-9-19-30)31-20-10-4-11-21-31)47-40(52)35(39-48-44(46)58-50-39)49-56-45(32-22-12-5-13-23-32,33-24-14-6-15-25-33)34-26-16-7-17-27-34/h2-27,36,38,42H,1,28H2,(H,47,52)(H2,46,48,50)/t36-,42-/m1/s1. The molecule has 11 nitrogen and oxygen atoms in total. The predicted molar refractivity (Wildman–Crippen MR) is 224 cm³/mol. The Labute approximate surface area is 343 Å². The minimum absolute atomic E-state index is 0.0750. The molecule has 0 spiro atoms. The zero-order valence-corrected chi connectivity index (χ0v) is 32.5. The van der Waals surface area contributed by atoms with Crippen molar-refractivity contribution in [3.8, 4) is 0 Å². The van der Waals surface area contributed by atoms with Crippen LogP contribution in [0.2, 0.25) is 0 Å². The number of anilines is 1. The van der Waals surface area contributed by atoms with Crippen LogP contribution in [0.15, 0.2) is 181 Å². The molecule has 0 bridgehead atoms. The van der Waals surface area contributed by atoms with Crippen LogP contribution in [0.4, 0.5) is 5.13 Å². The van der Waals surface area contributed by atoms with Crippen molar-refractivity contribution >= 4 is 51.9 Å². The van der Waals surface area contributed by atoms with E-state index in [1.165, 1.54) is 16.7 Å². The van der Waals surface area contributed by atoms with Crippen LogP contribution in [0.1, 0.15) is 39.7 Å². The van der Waals surface area contributed by atoms with E-state index in [1.807, 2.05) is 152 Å². The number of rotatable bonds is 13. The number of hydrogen-bond donors (Lipinski definition) is 2. The minimum Gasteiger partial charge on any atom is -0.448 e. The summed E-state index contributed by atoms with van der Waals surface area (Å²) >= 11 is 2.28. The molecular weight excluding hydrogens is 769 g/mol. The van der Waals surface area contributed by atoms with E-state index >= 15 is 0 Å². The smallest absolute Gasteiger partial charge is 0.356 e. The van der Waals surface area contributed by atoms with E-state index in [4.69, 9.17) is 15.3 Å². The van der Waals surface area contributed by atoms with Gasteiger partial charge in [-0.05, 0) is 16.7 Å². The number of carbonyl (C=O) groups is 3. The zero-order valence-electron chi connectivity index (χ0n) is 30.9. The Balaban J connectivity index is 1.10. The topological polar surface area (TPSA) is 149 Å². The first kappa shape index (κ1) is 38.1. The molecule has 13 heteroatoms. The molecule has 1 saturated heterocycles. The molecule has 0 unspecified atom stereocenters. The quantitative estimate of drug-likeness (QED) is 0.0414. The highest BCUT2D eigenvalue weighted by Gasteiger charge is 2.55. The summed E-state index contributed by atoms with van der Waals surface area (Å²) in [5, 5.41) is 6.82. The number of nitrogens with two attached hydrogens (primary N) is 1. The molecule has 2 aliphatic heterocycles. The molecule has 0 aliphatic carbocycles. The van der Waals surface area contributed by atoms with Gasteiger partial charge in [0.25, 0.3) is 11.8 Å². The molecule has 5 aromatic carbocycles. The lowest BCUT2D eigenvalue weighted by atomic mass is 9.80. The van der Waals surface area contributed by atoms with Gasteiger partial charge in [-0.3, -0.25) is 14.5 Å². The third-order valence-electron chi connectivity index (χ3n) is 9.84. The van der Waals surface area contributed by atoms with Gasteiger partial charge in [-0.2, -0.15) is 9.36 Å². The molecule has 58 heavy (non-hydrogen) atoms. The van der Waals surface area contributed by atoms with Crippen LogP contribution in [-0.4, -0.2) is 54.9 Å². The van der Waals surface area contributed by atoms with Gasteiger partial charge in [-0.25, -0.2) is 4.79 Å². The largest absolute Gasteiger partial charge is 0.448 e. The van der Waals surface area contributed by atoms with Gasteiger partial charge in [0, 0.05) is 34.0 Å². The Morgan fingerprint density at radius 3 is 1.79 bits per heavy atom. The van der Waals surface area contributed by atoms with Gasteiger partial charge in [-0.1, -0.05) is 169 Å². The number of allylic oxidation sites excluding steroid dienone is 1. The number of benzene rings is 5. The molecule has 1 fully saturated rings. The number of nitrogens with zero attached hydrogens (tertiary/aromatic N) is 4. The summed E-state index contributed by atoms with van der Waals surface area (Å²) in [6.07, 6.45) is 0.817. The Bertz CT molecular complexity index is 2360. The van der Waals surface area contributed by atoms with Gasteiger partial charge < -0.3 is 20.6 Å². The number of fused-ring (bicyclic) bond motifs is 1. The SMILES string of the molecule is C=CC1=C(C(=O)OC(c2ccccc2)c2ccccc2)N2C(=O)[C@@H](NC(=O)C(=NOC(c3ccccc3)(c3ccccc3)c3ccccc3)c3nsc(N)n3)[C@H]2SC1. The average molecular weight is 805 g/mol. The van der Waals surface area contributed by atoms with Gasteiger partial charge in [0.05, 0.1) is 0 Å². The minimum atomic E-state index is -1.32. The van der Waals surface area contributed by atoms with Crippen molar-refractivity contribution in [1.29, 1.82) is 0 Å². The highest BCUT2D eigenvalue weighted by Crippen LogP contribution is 2.43. The highest BCUT2D eigenvalue weighted by molar-refractivity contribution is 8.00. The van der Waals surface area contributed by atoms with Crippen molar-refractivity contribution in [3.05, 3.63) is 209 Å². The second kappa shape index (κ2) is 16.7. The summed E-state index contributed by atoms with van der Waals surface area (Å²) in [5.74, 6) is -1.69. The van der Waals surface area contributed by atoms with Crippen molar-refractivity contribution in [2.45, 2.75) is 23.1 Å². The molecule has 2 amide bonds. The lowest BCUT2D eigenvalue weighted by Crippen LogP contribution is -2.71. The number of thioether (sulfide) groups is 1. The first-order chi connectivity index (χ1) is 28.4. The van der Waals surface area contributed by atoms with Crippen LogP contribution in [0, 0.1) is 0 Å². The second-order valence-electron chi connectivity index (χ2n) is 13.3. The maximum atomic E-state index is 14.4. The number of esters is 1. The number of nitrogen functional groups attached to an aromatic ring is 1. The molecule has 0 saturated carbocycles. The summed E-state index contributed by atoms with van der Waals surface area (Å²) in [6.45, 7) is 3.91. The Kier molecular flexibility index (Phi) is 11.0. The average Bonchev–Trinajstić information content (AvgIpc) is 3.72. The number of aromatic nitrogens is 2. The molecule has 2 aliphatic rings. The van der Waals surface area contributed by atoms with Gasteiger partial charge >= 0.3 is 5.97 Å². The van der Waals surface area contributed by atoms with Crippen LogP contribution in [0.3, 0.4) is 0 Å². The van der Waals surface area contributed by atoms with Gasteiger partial charge in [0.1, 0.15) is 17.1 Å². The summed E-state index contributed by atoms with van der Waals surface area (Å²) in [5.41, 5.74) is 8.78. The van der Waals surface area contributed by atoms with E-state index in [0.29, 0.717) is 11.3 Å². The van der Waals surface area contributed by atoms with Gasteiger partial charge in [0.15, 0.2) is 11.2 Å². The number of ether oxygens (including phenoxy) is 1. The summed E-state index contributed by atoms with van der Waals surface area (Å²) in [4.78, 5) is 54.8. The zero-order chi connectivity index (χ0) is 40.1. The Morgan fingerprint density at radius 2 is 1.33 bits per heavy atom. The molecule has 288 valence electrons. The fourth-order valence-electron chi connectivity index (χ4n) is 7.05. The normalized spacial score (nSPS) is 16.6. The molecule has 0 radical (unpaired) electrons. The molecule has 3 N–H and O–H groups in total. The molecule has 6 aromatic rings. The van der Waals surface area contributed by atoms with Crippen LogP contribution in [0.25, 0.3) is 0 Å². The lowest BCUT2D eigenvalue weighted by molar-refractivity contribution is -0.154. The predicted octanol–water partition coefficient (Wildman–Crippen LogP) is 7.01. The third-order valence-corrected chi connectivity index (χ3v) is 11.7. The Hall–Kier alpha value is -6.83. The van der Waals surface area contributed by atoms with Crippen LogP contribution in [-0.2, 0) is 29.6 Å². The maximum Gasteiger partial charge on any atom is 0.356 e. The monoisotopic (exact) mass is 804 g/mol. The van der Waals surface area contributed by atoms with E-state index in [2.05, 4.69) is 26.4 Å². The molecule has 2 atom stereocenters. The number of carbonyl (C=O) groups excluding carboxylic acids is 3. The van der Waals surface area contributed by atoms with Crippen molar-refractivity contribution < 1.29 is 24.0 Å². The van der Waals surface area contributed by atoms with E-state index in [-0.39, 0.29) is 22.4 Å². The van der Waals surface area contributed by atoms with Gasteiger partial charge in [-0.15, -0.1) is 11.8 Å². The first-order valence-corrected chi connectivity index (χ1v) is 20.2. The number of oxime groups is 1. The fourth-order valence-corrected chi connectivity index (χ4v) is 8.83. The molecule has 1 aromatic heterocycles. The number of β-lactam (4-membered cyclic amide) rings is 1. The van der Waals surface area contributed by atoms with Crippen LogP contribution >= 0.6 is 23.3 Å². The van der Waals surface area contributed by atoms with Crippen LogP contribution in [0.5, 0.6) is 0 Å². The van der Waals surface area contributed by atoms with E-state index < -0.39 is 40.9 Å². The summed E-state index contributed by atoms with van der Waals surface area (Å²) < 4.78 is 10.5. The summed E-state index contributed by atoms with van der Waals surface area (Å²) in [7, 11) is 0. The lowest BCUT2D eigenvalue weighted by Gasteiger charge is -2.49. The van der Waals surface area contributed by atoms with E-state index in [1.54, 1.807) is 6.08 Å². The summed E-state index contributed by atoms with van der Waals surface area (Å²) in [6, 6.07) is 46.4. The number of amides is 2. The van der Waals surface area contributed by atoms with Crippen molar-refractivity contribution in [3.63, 3.8) is 0 Å². The number of hydrogen-bond acceptors (Lipinski definition) is 11. The van der Waals surface area contributed by atoms with Crippen molar-refractivity contribution in [2.24, 2.45) is 5.16 Å². The fraction of sp³-hybridized carbons (Fsp3) is 0.111. The maximum absolute atomic E-state index is 14.4. The number of nitrogens with one attached hydrogen (secondary N) is 1. The molecule has 3 heterocycles. The molecule has 8 rings (SSSR count). The van der Waals surface area contributed by atoms with E-state index in [9.17, 15) is 14.4 Å². The first-order valence-electron chi connectivity index (χ1n) is 18.3. The van der Waals surface area contributed by atoms with Gasteiger partial charge in [0.2, 0.25) is 17.1 Å². The van der Waals surface area contributed by atoms with Crippen molar-refractivity contribution in [2.75, 3.05) is 11.5 Å². The van der Waals surface area contributed by atoms with Crippen LogP contribution < -0.4 is 11.1 Å². The molecular formula is C45H36N6O5S2. The van der Waals surface area contributed by atoms with E-state index in [0.717, 1.165) is 39.3 Å². The van der Waals surface area contributed by atoms with Crippen molar-refractivity contribution in [1.82, 2.24) is 19.6 Å². The third kappa shape index (κ3) is 7.28. The highest BCUT2D eigenvalue weighted by atomic mass is 32.2. The second-order valence-corrected chi connectivity index (χ2v) is 15.2. The Morgan fingerprint density at radius 1 is 0.828 bits per heavy atom.